The summed E-state index contributed by atoms with van der Waals surface area (Å²) >= 11 is -2.32. The minimum absolute atomic E-state index is 0.280. The van der Waals surface area contributed by atoms with Gasteiger partial charge in [0, 0.05) is 0 Å². The van der Waals surface area contributed by atoms with E-state index in [1.165, 1.54) is 0 Å². The molecule has 0 amide bonds. The van der Waals surface area contributed by atoms with Crippen LogP contribution in [0.25, 0.3) is 0 Å². The lowest BCUT2D eigenvalue weighted by molar-refractivity contribution is 0.0842. The highest BCUT2D eigenvalue weighted by atomic mass is 32.2. The van der Waals surface area contributed by atoms with E-state index < -0.39 is 11.4 Å². The molecule has 0 aromatic carbocycles. The normalized spacial score (nSPS) is 44.6. The van der Waals surface area contributed by atoms with Crippen molar-refractivity contribution in [2.75, 3.05) is 0 Å². The Morgan fingerprint density at radius 2 is 2.09 bits per heavy atom. The smallest absolute Gasteiger partial charge is 0.0847 e. The predicted molar refractivity (Wildman–Crippen MR) is 39.3 cm³/mol. The molecule has 2 aliphatic rings. The number of rotatable bonds is 2. The van der Waals surface area contributed by atoms with Crippen molar-refractivity contribution in [2.45, 2.75) is 37.7 Å². The second-order valence-corrected chi connectivity index (χ2v) is 4.19. The van der Waals surface area contributed by atoms with E-state index in [-0.39, 0.29) is 5.60 Å². The highest BCUT2D eigenvalue weighted by Crippen LogP contribution is 2.50. The standard InChI is InChI=1S/C7H12O3S/c8-11(9)10-7-3-1-6(5-7)2-4-7/h6H,1-5H2,(H,8,9)/p-1. The van der Waals surface area contributed by atoms with Gasteiger partial charge in [0.15, 0.2) is 0 Å². The van der Waals surface area contributed by atoms with Gasteiger partial charge in [-0.3, -0.25) is 4.18 Å². The Kier molecular flexibility index (Phi) is 1.78. The maximum Gasteiger partial charge on any atom is 0.0847 e. The monoisotopic (exact) mass is 175 g/mol. The number of fused-ring (bicyclic) bond motifs is 2. The van der Waals surface area contributed by atoms with Crippen molar-refractivity contribution in [1.82, 2.24) is 0 Å². The quantitative estimate of drug-likeness (QED) is 0.591. The van der Waals surface area contributed by atoms with Crippen molar-refractivity contribution in [2.24, 2.45) is 5.92 Å². The first-order valence-corrected chi connectivity index (χ1v) is 4.99. The van der Waals surface area contributed by atoms with Crippen molar-refractivity contribution in [3.8, 4) is 0 Å². The van der Waals surface area contributed by atoms with Crippen LogP contribution in [0, 0.1) is 5.92 Å². The predicted octanol–water partition coefficient (Wildman–Crippen LogP) is 1.13. The molecule has 0 saturated heterocycles. The molecule has 0 aliphatic heterocycles. The zero-order valence-corrected chi connectivity index (χ0v) is 7.06. The molecule has 0 N–H and O–H groups in total. The summed E-state index contributed by atoms with van der Waals surface area (Å²) in [6.07, 6.45) is 5.13. The minimum atomic E-state index is -2.32. The number of hydrogen-bond donors (Lipinski definition) is 0. The van der Waals surface area contributed by atoms with Gasteiger partial charge in [0.2, 0.25) is 0 Å². The van der Waals surface area contributed by atoms with Crippen LogP contribution in [0.4, 0.5) is 0 Å². The molecule has 0 aromatic rings. The van der Waals surface area contributed by atoms with Gasteiger partial charge in [0.1, 0.15) is 0 Å². The summed E-state index contributed by atoms with van der Waals surface area (Å²) in [6, 6.07) is 0. The topological polar surface area (TPSA) is 49.4 Å². The summed E-state index contributed by atoms with van der Waals surface area (Å²) in [5.41, 5.74) is -0.280. The summed E-state index contributed by atoms with van der Waals surface area (Å²) in [7, 11) is 0. The van der Waals surface area contributed by atoms with Crippen LogP contribution in [0.1, 0.15) is 32.1 Å². The van der Waals surface area contributed by atoms with Gasteiger partial charge in [0.25, 0.3) is 0 Å². The van der Waals surface area contributed by atoms with Gasteiger partial charge in [0.05, 0.1) is 17.0 Å². The Labute approximate surface area is 68.6 Å². The summed E-state index contributed by atoms with van der Waals surface area (Å²) in [5.74, 6) is 0.735. The Morgan fingerprint density at radius 1 is 1.45 bits per heavy atom. The van der Waals surface area contributed by atoms with Crippen molar-refractivity contribution in [1.29, 1.82) is 0 Å². The van der Waals surface area contributed by atoms with Crippen LogP contribution < -0.4 is 0 Å². The molecule has 2 rings (SSSR count). The fourth-order valence-corrected chi connectivity index (χ4v) is 2.92. The van der Waals surface area contributed by atoms with E-state index in [0.29, 0.717) is 0 Å². The second-order valence-electron chi connectivity index (χ2n) is 3.62. The van der Waals surface area contributed by atoms with E-state index in [1.807, 2.05) is 0 Å². The lowest BCUT2D eigenvalue weighted by atomic mass is 9.98. The molecule has 2 fully saturated rings. The van der Waals surface area contributed by atoms with Crippen LogP contribution in [-0.2, 0) is 15.5 Å². The van der Waals surface area contributed by atoms with Crippen LogP contribution >= 0.6 is 0 Å². The van der Waals surface area contributed by atoms with Gasteiger partial charge in [-0.15, -0.1) is 0 Å². The first-order valence-electron chi connectivity index (χ1n) is 3.99. The Hall–Kier alpha value is 0.0700. The van der Waals surface area contributed by atoms with E-state index in [0.717, 1.165) is 38.0 Å². The van der Waals surface area contributed by atoms with E-state index in [1.54, 1.807) is 0 Å². The van der Waals surface area contributed by atoms with Crippen LogP contribution in [0.5, 0.6) is 0 Å². The van der Waals surface area contributed by atoms with Crippen molar-refractivity contribution >= 4 is 11.4 Å². The lowest BCUT2D eigenvalue weighted by Crippen LogP contribution is -2.27. The molecule has 2 aliphatic carbocycles. The van der Waals surface area contributed by atoms with Gasteiger partial charge < -0.3 is 4.55 Å². The van der Waals surface area contributed by atoms with Crippen LogP contribution in [0.2, 0.25) is 0 Å². The van der Waals surface area contributed by atoms with E-state index in [9.17, 15) is 8.76 Å². The Morgan fingerprint density at radius 3 is 2.45 bits per heavy atom. The molecule has 64 valence electrons. The van der Waals surface area contributed by atoms with Crippen LogP contribution in [0.15, 0.2) is 0 Å². The average Bonchev–Trinajstić information content (AvgIpc) is 2.43. The van der Waals surface area contributed by atoms with E-state index >= 15 is 0 Å². The van der Waals surface area contributed by atoms with Gasteiger partial charge in [-0.25, -0.2) is 4.21 Å². The molecule has 0 radical (unpaired) electrons. The molecule has 1 unspecified atom stereocenters. The molecule has 4 heteroatoms. The summed E-state index contributed by atoms with van der Waals surface area (Å²) in [6.45, 7) is 0. The highest BCUT2D eigenvalue weighted by Gasteiger charge is 2.46. The maximum absolute atomic E-state index is 10.3. The van der Waals surface area contributed by atoms with Gasteiger partial charge in [-0.05, 0) is 38.0 Å². The Balaban J connectivity index is 2.05. The molecular weight excluding hydrogens is 164 g/mol. The van der Waals surface area contributed by atoms with Crippen molar-refractivity contribution in [3.63, 3.8) is 0 Å². The molecule has 2 bridgehead atoms. The Bertz CT molecular complexity index is 184. The fourth-order valence-electron chi connectivity index (χ4n) is 2.40. The molecule has 0 heterocycles. The third kappa shape index (κ3) is 1.35. The largest absolute Gasteiger partial charge is 0.750 e. The lowest BCUT2D eigenvalue weighted by Gasteiger charge is -2.26. The second kappa shape index (κ2) is 2.54. The maximum atomic E-state index is 10.3. The van der Waals surface area contributed by atoms with Gasteiger partial charge in [-0.2, -0.15) is 0 Å². The summed E-state index contributed by atoms with van der Waals surface area (Å²) < 4.78 is 25.5. The molecular formula is C7H11O3S-. The molecule has 0 aromatic heterocycles. The van der Waals surface area contributed by atoms with Crippen molar-refractivity contribution < 1.29 is 12.9 Å². The molecule has 0 spiro atoms. The van der Waals surface area contributed by atoms with E-state index in [4.69, 9.17) is 4.18 Å². The molecule has 11 heavy (non-hydrogen) atoms. The first-order chi connectivity index (χ1) is 5.20. The van der Waals surface area contributed by atoms with Crippen molar-refractivity contribution in [3.05, 3.63) is 0 Å². The van der Waals surface area contributed by atoms with Gasteiger partial charge in [-0.1, -0.05) is 0 Å². The third-order valence-corrected chi connectivity index (χ3v) is 3.41. The summed E-state index contributed by atoms with van der Waals surface area (Å²) in [4.78, 5) is 0. The zero-order valence-electron chi connectivity index (χ0n) is 6.25. The molecule has 1 atom stereocenters. The molecule has 3 nitrogen and oxygen atoms in total. The minimum Gasteiger partial charge on any atom is -0.750 e. The first kappa shape index (κ1) is 7.71. The van der Waals surface area contributed by atoms with Crippen LogP contribution in [-0.4, -0.2) is 14.4 Å². The summed E-state index contributed by atoms with van der Waals surface area (Å²) in [5, 5.41) is 0. The highest BCUT2D eigenvalue weighted by molar-refractivity contribution is 7.74. The fraction of sp³-hybridized carbons (Fsp3) is 1.00. The van der Waals surface area contributed by atoms with E-state index in [2.05, 4.69) is 0 Å². The van der Waals surface area contributed by atoms with Crippen LogP contribution in [0.3, 0.4) is 0 Å². The average molecular weight is 175 g/mol. The third-order valence-electron chi connectivity index (χ3n) is 2.92. The van der Waals surface area contributed by atoms with Gasteiger partial charge >= 0.3 is 0 Å². The SMILES string of the molecule is O=S([O-])OC12CCC(CC1)C2. The zero-order chi connectivity index (χ0) is 7.90. The number of hydrogen-bond acceptors (Lipinski definition) is 3. The molecule has 2 saturated carbocycles.